The fraction of sp³-hybridized carbons (Fsp3) is 0.364. The molecule has 0 aliphatic rings. The molecule has 5 nitrogen and oxygen atoms in total. The van der Waals surface area contributed by atoms with Crippen molar-refractivity contribution >= 4 is 57.6 Å². The third-order valence-corrected chi connectivity index (χ3v) is 5.77. The number of halogens is 3. The van der Waals surface area contributed by atoms with Crippen LogP contribution >= 0.6 is 45.8 Å². The molecule has 30 heavy (non-hydrogen) atoms. The summed E-state index contributed by atoms with van der Waals surface area (Å²) >= 11 is 14.5. The summed E-state index contributed by atoms with van der Waals surface area (Å²) in [5, 5.41) is 3.84. The van der Waals surface area contributed by atoms with Gasteiger partial charge >= 0.3 is 0 Å². The molecule has 2 rings (SSSR count). The van der Waals surface area contributed by atoms with Crippen molar-refractivity contribution in [3.8, 4) is 5.75 Å². The molecule has 0 aliphatic carbocycles. The van der Waals surface area contributed by atoms with Crippen LogP contribution in [0.4, 0.5) is 0 Å². The van der Waals surface area contributed by atoms with Crippen molar-refractivity contribution in [3.05, 3.63) is 61.6 Å². The maximum absolute atomic E-state index is 13.1. The molecule has 2 aromatic carbocycles. The molecule has 0 radical (unpaired) electrons. The van der Waals surface area contributed by atoms with Gasteiger partial charge in [0.15, 0.2) is 6.61 Å². The second kappa shape index (κ2) is 12.4. The van der Waals surface area contributed by atoms with Gasteiger partial charge in [-0.15, -0.1) is 0 Å². The average Bonchev–Trinajstić information content (AvgIpc) is 2.73. The summed E-state index contributed by atoms with van der Waals surface area (Å²) in [6.07, 6.45) is 1.28. The molecule has 0 aromatic heterocycles. The molecular formula is C22H25Cl2IN2O3. The van der Waals surface area contributed by atoms with E-state index < -0.39 is 6.04 Å². The fourth-order valence-corrected chi connectivity index (χ4v) is 3.71. The van der Waals surface area contributed by atoms with Gasteiger partial charge in [0, 0.05) is 26.7 Å². The summed E-state index contributed by atoms with van der Waals surface area (Å²) in [5.41, 5.74) is 0.713. The van der Waals surface area contributed by atoms with E-state index in [9.17, 15) is 9.59 Å². The van der Waals surface area contributed by atoms with Gasteiger partial charge in [0.05, 0.1) is 0 Å². The van der Waals surface area contributed by atoms with Crippen LogP contribution in [0, 0.1) is 3.57 Å². The van der Waals surface area contributed by atoms with Crippen LogP contribution in [0.2, 0.25) is 10.0 Å². The van der Waals surface area contributed by atoms with Gasteiger partial charge in [0.25, 0.3) is 5.91 Å². The molecule has 162 valence electrons. The van der Waals surface area contributed by atoms with Gasteiger partial charge in [-0.3, -0.25) is 9.59 Å². The summed E-state index contributed by atoms with van der Waals surface area (Å²) in [6.45, 7) is 4.41. The Bertz CT molecular complexity index is 862. The molecule has 0 bridgehead atoms. The molecule has 1 atom stereocenters. The standard InChI is InChI=1S/C22H25Cl2IN2O3/c1-3-11-26-22(29)20(4-2)27(13-15-5-6-16(23)12-19(15)24)21(28)14-30-18-9-7-17(25)8-10-18/h5-10,12,20H,3-4,11,13-14H2,1-2H3,(H,26,29)/t20-/m1/s1. The molecule has 0 spiro atoms. The van der Waals surface area contributed by atoms with E-state index in [1.54, 1.807) is 30.3 Å². The lowest BCUT2D eigenvalue weighted by Gasteiger charge is -2.30. The van der Waals surface area contributed by atoms with E-state index in [0.29, 0.717) is 34.3 Å². The first-order valence-corrected chi connectivity index (χ1v) is 11.6. The molecule has 8 heteroatoms. The average molecular weight is 563 g/mol. The van der Waals surface area contributed by atoms with E-state index in [0.717, 1.165) is 9.99 Å². The Kier molecular flexibility index (Phi) is 10.2. The molecule has 0 aliphatic heterocycles. The van der Waals surface area contributed by atoms with Crippen molar-refractivity contribution < 1.29 is 14.3 Å². The van der Waals surface area contributed by atoms with Crippen LogP contribution in [0.5, 0.6) is 5.75 Å². The van der Waals surface area contributed by atoms with Crippen molar-refractivity contribution in [2.75, 3.05) is 13.2 Å². The van der Waals surface area contributed by atoms with Gasteiger partial charge in [-0.05, 0) is 77.4 Å². The highest BCUT2D eigenvalue weighted by molar-refractivity contribution is 14.1. The topological polar surface area (TPSA) is 58.6 Å². The summed E-state index contributed by atoms with van der Waals surface area (Å²) in [5.74, 6) is 0.113. The van der Waals surface area contributed by atoms with Gasteiger partial charge in [0.2, 0.25) is 5.91 Å². The SMILES string of the molecule is CCCNC(=O)[C@@H](CC)N(Cc1ccc(Cl)cc1Cl)C(=O)COc1ccc(I)cc1. The first kappa shape index (κ1) is 24.8. The molecule has 0 fully saturated rings. The first-order valence-electron chi connectivity index (χ1n) is 9.75. The zero-order valence-electron chi connectivity index (χ0n) is 17.0. The molecule has 2 aromatic rings. The van der Waals surface area contributed by atoms with Crippen LogP contribution in [-0.2, 0) is 16.1 Å². The van der Waals surface area contributed by atoms with E-state index >= 15 is 0 Å². The maximum Gasteiger partial charge on any atom is 0.261 e. The van der Waals surface area contributed by atoms with Crippen LogP contribution in [0.1, 0.15) is 32.3 Å². The number of rotatable bonds is 10. The number of hydrogen-bond donors (Lipinski definition) is 1. The zero-order valence-corrected chi connectivity index (χ0v) is 20.6. The number of nitrogens with zero attached hydrogens (tertiary/aromatic N) is 1. The number of nitrogens with one attached hydrogen (secondary N) is 1. The van der Waals surface area contributed by atoms with Gasteiger partial charge in [0.1, 0.15) is 11.8 Å². The molecule has 2 amide bonds. The second-order valence-electron chi connectivity index (χ2n) is 6.72. The second-order valence-corrected chi connectivity index (χ2v) is 8.80. The van der Waals surface area contributed by atoms with E-state index in [2.05, 4.69) is 27.9 Å². The van der Waals surface area contributed by atoms with E-state index in [-0.39, 0.29) is 25.0 Å². The summed E-state index contributed by atoms with van der Waals surface area (Å²) < 4.78 is 6.74. The maximum atomic E-state index is 13.1. The Morgan fingerprint density at radius 2 is 1.83 bits per heavy atom. The fourth-order valence-electron chi connectivity index (χ4n) is 2.88. The van der Waals surface area contributed by atoms with Crippen molar-refractivity contribution in [1.29, 1.82) is 0 Å². The van der Waals surface area contributed by atoms with Crippen molar-refractivity contribution in [3.63, 3.8) is 0 Å². The number of carbonyl (C=O) groups is 2. The third kappa shape index (κ3) is 7.32. The monoisotopic (exact) mass is 562 g/mol. The Morgan fingerprint density at radius 1 is 1.13 bits per heavy atom. The minimum absolute atomic E-state index is 0.177. The van der Waals surface area contributed by atoms with Crippen molar-refractivity contribution in [1.82, 2.24) is 10.2 Å². The smallest absolute Gasteiger partial charge is 0.261 e. The third-order valence-electron chi connectivity index (χ3n) is 4.47. The van der Waals surface area contributed by atoms with Crippen LogP contribution in [-0.4, -0.2) is 35.9 Å². The summed E-state index contributed by atoms with van der Waals surface area (Å²) in [7, 11) is 0. The molecular weight excluding hydrogens is 538 g/mol. The largest absolute Gasteiger partial charge is 0.484 e. The Labute approximate surface area is 201 Å². The predicted octanol–water partition coefficient (Wildman–Crippen LogP) is 5.31. The van der Waals surface area contributed by atoms with E-state index in [4.69, 9.17) is 27.9 Å². The number of carbonyl (C=O) groups excluding carboxylic acids is 2. The normalized spacial score (nSPS) is 11.6. The van der Waals surface area contributed by atoms with E-state index in [1.807, 2.05) is 26.0 Å². The number of benzene rings is 2. The summed E-state index contributed by atoms with van der Waals surface area (Å²) in [4.78, 5) is 27.3. The number of ether oxygens (including phenoxy) is 1. The molecule has 0 saturated carbocycles. The van der Waals surface area contributed by atoms with E-state index in [1.165, 1.54) is 4.90 Å². The molecule has 1 N–H and O–H groups in total. The number of amides is 2. The number of hydrogen-bond acceptors (Lipinski definition) is 3. The summed E-state index contributed by atoms with van der Waals surface area (Å²) in [6, 6.07) is 11.9. The van der Waals surface area contributed by atoms with Crippen molar-refractivity contribution in [2.24, 2.45) is 0 Å². The lowest BCUT2D eigenvalue weighted by atomic mass is 10.1. The molecule has 0 unspecified atom stereocenters. The Hall–Kier alpha value is -1.51. The lowest BCUT2D eigenvalue weighted by molar-refractivity contribution is -0.143. The van der Waals surface area contributed by atoms with Crippen LogP contribution in [0.25, 0.3) is 0 Å². The Balaban J connectivity index is 2.22. The van der Waals surface area contributed by atoms with Crippen LogP contribution < -0.4 is 10.1 Å². The van der Waals surface area contributed by atoms with Gasteiger partial charge in [-0.25, -0.2) is 0 Å². The van der Waals surface area contributed by atoms with Crippen molar-refractivity contribution in [2.45, 2.75) is 39.3 Å². The molecule has 0 heterocycles. The first-order chi connectivity index (χ1) is 14.3. The van der Waals surface area contributed by atoms with Crippen LogP contribution in [0.3, 0.4) is 0 Å². The minimum Gasteiger partial charge on any atom is -0.484 e. The zero-order chi connectivity index (χ0) is 22.1. The van der Waals surface area contributed by atoms with Crippen LogP contribution in [0.15, 0.2) is 42.5 Å². The predicted molar refractivity (Wildman–Crippen MR) is 129 cm³/mol. The quantitative estimate of drug-likeness (QED) is 0.399. The van der Waals surface area contributed by atoms with Gasteiger partial charge in [-0.2, -0.15) is 0 Å². The van der Waals surface area contributed by atoms with Gasteiger partial charge in [-0.1, -0.05) is 43.1 Å². The molecule has 0 saturated heterocycles. The lowest BCUT2D eigenvalue weighted by Crippen LogP contribution is -2.50. The highest BCUT2D eigenvalue weighted by atomic mass is 127. The van der Waals surface area contributed by atoms with Gasteiger partial charge < -0.3 is 15.0 Å². The highest BCUT2D eigenvalue weighted by Crippen LogP contribution is 2.24. The Morgan fingerprint density at radius 3 is 2.43 bits per heavy atom. The minimum atomic E-state index is -0.629. The highest BCUT2D eigenvalue weighted by Gasteiger charge is 2.29.